The largest absolute Gasteiger partial charge is 0.396 e. The number of para-hydroxylation sites is 1. The fourth-order valence-corrected chi connectivity index (χ4v) is 2.94. The maximum Gasteiger partial charge on any atom is 0.221 e. The topological polar surface area (TPSA) is 52.6 Å². The van der Waals surface area contributed by atoms with Gasteiger partial charge in [0.2, 0.25) is 5.91 Å². The van der Waals surface area contributed by atoms with Gasteiger partial charge >= 0.3 is 0 Å². The Morgan fingerprint density at radius 2 is 2.24 bits per heavy atom. The van der Waals surface area contributed by atoms with Gasteiger partial charge in [-0.3, -0.25) is 4.79 Å². The van der Waals surface area contributed by atoms with Crippen molar-refractivity contribution >= 4 is 11.6 Å². The zero-order valence-corrected chi connectivity index (χ0v) is 13.0. The lowest BCUT2D eigenvalue weighted by atomic mass is 9.96. The van der Waals surface area contributed by atoms with E-state index in [1.165, 1.54) is 11.3 Å². The lowest BCUT2D eigenvalue weighted by Crippen LogP contribution is -2.41. The summed E-state index contributed by atoms with van der Waals surface area (Å²) in [4.78, 5) is 14.3. The normalized spacial score (nSPS) is 19.0. The third kappa shape index (κ3) is 4.21. The molecule has 0 bridgehead atoms. The third-order valence-corrected chi connectivity index (χ3v) is 4.21. The lowest BCUT2D eigenvalue weighted by Gasteiger charge is -2.37. The summed E-state index contributed by atoms with van der Waals surface area (Å²) >= 11 is 0. The highest BCUT2D eigenvalue weighted by Crippen LogP contribution is 2.30. The second kappa shape index (κ2) is 7.46. The van der Waals surface area contributed by atoms with Gasteiger partial charge in [0.15, 0.2) is 0 Å². The van der Waals surface area contributed by atoms with E-state index in [0.717, 1.165) is 19.4 Å². The SMILES string of the molecule is CC1CCc2ccccc2N1CCC(=O)N[C@H](C)CCO. The Balaban J connectivity index is 1.92. The minimum Gasteiger partial charge on any atom is -0.396 e. The van der Waals surface area contributed by atoms with Crippen molar-refractivity contribution in [3.8, 4) is 0 Å². The van der Waals surface area contributed by atoms with Crippen LogP contribution in [0.1, 0.15) is 38.7 Å². The van der Waals surface area contributed by atoms with Crippen LogP contribution in [-0.2, 0) is 11.2 Å². The number of hydrogen-bond acceptors (Lipinski definition) is 3. The molecule has 2 atom stereocenters. The smallest absolute Gasteiger partial charge is 0.221 e. The van der Waals surface area contributed by atoms with Crippen molar-refractivity contribution in [1.29, 1.82) is 0 Å². The van der Waals surface area contributed by atoms with E-state index in [1.807, 2.05) is 6.92 Å². The summed E-state index contributed by atoms with van der Waals surface area (Å²) in [6.45, 7) is 5.00. The average molecular weight is 290 g/mol. The highest BCUT2D eigenvalue weighted by Gasteiger charge is 2.23. The highest BCUT2D eigenvalue weighted by molar-refractivity contribution is 5.77. The second-order valence-corrected chi connectivity index (χ2v) is 5.94. The molecule has 0 spiro atoms. The Kier molecular flexibility index (Phi) is 5.62. The van der Waals surface area contributed by atoms with Gasteiger partial charge in [0.05, 0.1) is 0 Å². The maximum atomic E-state index is 12.0. The molecule has 0 aromatic heterocycles. The molecular formula is C17H26N2O2. The molecule has 1 aromatic carbocycles. The van der Waals surface area contributed by atoms with E-state index in [9.17, 15) is 4.79 Å². The number of amides is 1. The molecule has 0 aliphatic carbocycles. The number of nitrogens with zero attached hydrogens (tertiary/aromatic N) is 1. The predicted molar refractivity (Wildman–Crippen MR) is 85.5 cm³/mol. The molecule has 0 radical (unpaired) electrons. The number of carbonyl (C=O) groups excluding carboxylic acids is 1. The molecule has 1 aliphatic heterocycles. The van der Waals surface area contributed by atoms with Gasteiger partial charge in [-0.25, -0.2) is 0 Å². The minimum absolute atomic E-state index is 0.0357. The van der Waals surface area contributed by atoms with Crippen molar-refractivity contribution in [3.05, 3.63) is 29.8 Å². The number of aryl methyl sites for hydroxylation is 1. The molecule has 2 rings (SSSR count). The first-order chi connectivity index (χ1) is 10.1. The fraction of sp³-hybridized carbons (Fsp3) is 0.588. The monoisotopic (exact) mass is 290 g/mol. The Labute approximate surface area is 127 Å². The Bertz CT molecular complexity index is 476. The lowest BCUT2D eigenvalue weighted by molar-refractivity contribution is -0.121. The minimum atomic E-state index is 0.0357. The summed E-state index contributed by atoms with van der Waals surface area (Å²) in [6.07, 6.45) is 3.36. The number of fused-ring (bicyclic) bond motifs is 1. The summed E-state index contributed by atoms with van der Waals surface area (Å²) < 4.78 is 0. The Hall–Kier alpha value is -1.55. The van der Waals surface area contributed by atoms with E-state index in [4.69, 9.17) is 5.11 Å². The molecule has 1 unspecified atom stereocenters. The second-order valence-electron chi connectivity index (χ2n) is 5.94. The molecule has 1 amide bonds. The number of rotatable bonds is 6. The molecule has 4 heteroatoms. The first kappa shape index (κ1) is 15.8. The predicted octanol–water partition coefficient (Wildman–Crippen LogP) is 2.10. The van der Waals surface area contributed by atoms with Crippen LogP contribution in [0.3, 0.4) is 0 Å². The highest BCUT2D eigenvalue weighted by atomic mass is 16.3. The van der Waals surface area contributed by atoms with Crippen LogP contribution >= 0.6 is 0 Å². The number of carbonyl (C=O) groups is 1. The average Bonchev–Trinajstić information content (AvgIpc) is 2.46. The van der Waals surface area contributed by atoms with E-state index in [0.29, 0.717) is 18.9 Å². The summed E-state index contributed by atoms with van der Waals surface area (Å²) in [6, 6.07) is 8.98. The molecule has 4 nitrogen and oxygen atoms in total. The van der Waals surface area contributed by atoms with Crippen molar-refractivity contribution in [3.63, 3.8) is 0 Å². The van der Waals surface area contributed by atoms with Crippen LogP contribution in [0.5, 0.6) is 0 Å². The molecule has 1 heterocycles. The zero-order chi connectivity index (χ0) is 15.2. The molecule has 1 aliphatic rings. The molecular weight excluding hydrogens is 264 g/mol. The van der Waals surface area contributed by atoms with E-state index in [1.54, 1.807) is 0 Å². The Morgan fingerprint density at radius 3 is 3.00 bits per heavy atom. The van der Waals surface area contributed by atoms with Crippen LogP contribution in [0.4, 0.5) is 5.69 Å². The van der Waals surface area contributed by atoms with Crippen LogP contribution in [-0.4, -0.2) is 36.2 Å². The van der Waals surface area contributed by atoms with Crippen LogP contribution in [0.2, 0.25) is 0 Å². The molecule has 1 aromatic rings. The van der Waals surface area contributed by atoms with Crippen molar-refractivity contribution in [2.24, 2.45) is 0 Å². The Morgan fingerprint density at radius 1 is 1.48 bits per heavy atom. The van der Waals surface area contributed by atoms with E-state index < -0.39 is 0 Å². The summed E-state index contributed by atoms with van der Waals surface area (Å²) in [5, 5.41) is 11.8. The van der Waals surface area contributed by atoms with Crippen LogP contribution in [0, 0.1) is 0 Å². The molecule has 21 heavy (non-hydrogen) atoms. The van der Waals surface area contributed by atoms with Gasteiger partial charge in [0, 0.05) is 37.3 Å². The number of aliphatic hydroxyl groups excluding tert-OH is 1. The van der Waals surface area contributed by atoms with Crippen LogP contribution in [0.15, 0.2) is 24.3 Å². The van der Waals surface area contributed by atoms with Crippen molar-refractivity contribution in [2.45, 2.75) is 51.6 Å². The quantitative estimate of drug-likeness (QED) is 0.843. The molecule has 0 saturated carbocycles. The number of anilines is 1. The van der Waals surface area contributed by atoms with E-state index in [2.05, 4.69) is 41.4 Å². The van der Waals surface area contributed by atoms with Crippen molar-refractivity contribution < 1.29 is 9.90 Å². The third-order valence-electron chi connectivity index (χ3n) is 4.21. The number of nitrogens with one attached hydrogen (secondary N) is 1. The summed E-state index contributed by atoms with van der Waals surface area (Å²) in [7, 11) is 0. The van der Waals surface area contributed by atoms with Crippen molar-refractivity contribution in [1.82, 2.24) is 5.32 Å². The van der Waals surface area contributed by atoms with Gasteiger partial charge in [-0.15, -0.1) is 0 Å². The van der Waals surface area contributed by atoms with Gasteiger partial charge in [-0.05, 0) is 44.7 Å². The molecule has 2 N–H and O–H groups in total. The molecule has 0 fully saturated rings. The first-order valence-electron chi connectivity index (χ1n) is 7.86. The number of aliphatic hydroxyl groups is 1. The van der Waals surface area contributed by atoms with Gasteiger partial charge in [-0.1, -0.05) is 18.2 Å². The molecule has 0 saturated heterocycles. The van der Waals surface area contributed by atoms with Gasteiger partial charge < -0.3 is 15.3 Å². The number of hydrogen-bond donors (Lipinski definition) is 2. The van der Waals surface area contributed by atoms with E-state index in [-0.39, 0.29) is 18.6 Å². The first-order valence-corrected chi connectivity index (χ1v) is 7.86. The summed E-state index contributed by atoms with van der Waals surface area (Å²) in [5.41, 5.74) is 2.65. The van der Waals surface area contributed by atoms with Gasteiger partial charge in [0.25, 0.3) is 0 Å². The van der Waals surface area contributed by atoms with Gasteiger partial charge in [0.1, 0.15) is 0 Å². The summed E-state index contributed by atoms with van der Waals surface area (Å²) in [5.74, 6) is 0.0613. The fourth-order valence-electron chi connectivity index (χ4n) is 2.94. The number of benzene rings is 1. The van der Waals surface area contributed by atoms with Crippen LogP contribution < -0.4 is 10.2 Å². The molecule has 116 valence electrons. The maximum absolute atomic E-state index is 12.0. The van der Waals surface area contributed by atoms with Gasteiger partial charge in [-0.2, -0.15) is 0 Å². The van der Waals surface area contributed by atoms with Crippen molar-refractivity contribution in [2.75, 3.05) is 18.1 Å². The zero-order valence-electron chi connectivity index (χ0n) is 13.0. The standard InChI is InChI=1S/C17H26N2O2/c1-13(10-12-20)18-17(21)9-11-19-14(2)7-8-15-5-3-4-6-16(15)19/h3-6,13-14,20H,7-12H2,1-2H3,(H,18,21)/t13-,14?/m1/s1. The van der Waals surface area contributed by atoms with Crippen LogP contribution in [0.25, 0.3) is 0 Å². The van der Waals surface area contributed by atoms with E-state index >= 15 is 0 Å².